The van der Waals surface area contributed by atoms with E-state index in [1.165, 1.54) is 66.7 Å². The molecule has 0 bridgehead atoms. The van der Waals surface area contributed by atoms with Crippen LogP contribution >= 0.6 is 0 Å². The van der Waals surface area contributed by atoms with Crippen molar-refractivity contribution < 1.29 is 36.0 Å². The summed E-state index contributed by atoms with van der Waals surface area (Å²) in [5.41, 5.74) is 0.263. The summed E-state index contributed by atoms with van der Waals surface area (Å²) in [6.07, 6.45) is 0. The van der Waals surface area contributed by atoms with Crippen LogP contribution < -0.4 is 20.1 Å². The zero-order chi connectivity index (χ0) is 28.1. The van der Waals surface area contributed by atoms with Crippen LogP contribution in [0.4, 0.5) is 11.4 Å². The second kappa shape index (κ2) is 11.2. The summed E-state index contributed by atoms with van der Waals surface area (Å²) in [5, 5.41) is 5.05. The monoisotopic (exact) mass is 559 g/mol. The van der Waals surface area contributed by atoms with Crippen molar-refractivity contribution in [3.05, 3.63) is 78.1 Å². The lowest BCUT2D eigenvalue weighted by molar-refractivity contribution is -0.118. The molecule has 0 saturated heterocycles. The molecule has 4 N–H and O–H groups in total. The van der Waals surface area contributed by atoms with Crippen LogP contribution in [-0.4, -0.2) is 45.4 Å². The second-order valence-corrected chi connectivity index (χ2v) is 11.1. The number of aromatic nitrogens is 1. The minimum atomic E-state index is -4.03. The van der Waals surface area contributed by atoms with Crippen LogP contribution in [0.3, 0.4) is 0 Å². The molecule has 0 spiro atoms. The van der Waals surface area contributed by atoms with E-state index in [1.807, 2.05) is 9.44 Å². The Hall–Kier alpha value is -4.63. The smallest absolute Gasteiger partial charge is 0.274 e. The highest BCUT2D eigenvalue weighted by atomic mass is 32.2. The average molecular weight is 560 g/mol. The van der Waals surface area contributed by atoms with Crippen LogP contribution in [0.5, 0.6) is 0 Å². The maximum atomic E-state index is 12.6. The fourth-order valence-corrected chi connectivity index (χ4v) is 4.99. The summed E-state index contributed by atoms with van der Waals surface area (Å²) in [4.78, 5) is 51.0. The van der Waals surface area contributed by atoms with Crippen LogP contribution in [0.2, 0.25) is 0 Å². The Morgan fingerprint density at radius 3 is 1.24 bits per heavy atom. The van der Waals surface area contributed by atoms with E-state index in [-0.39, 0.29) is 32.6 Å². The van der Waals surface area contributed by atoms with Gasteiger partial charge in [0, 0.05) is 25.2 Å². The number of pyridine rings is 1. The fourth-order valence-electron chi connectivity index (χ4n) is 3.01. The maximum Gasteiger partial charge on any atom is 0.274 e. The number of nitrogens with zero attached hydrogens (tertiary/aromatic N) is 1. The summed E-state index contributed by atoms with van der Waals surface area (Å²) < 4.78 is 51.7. The Bertz CT molecular complexity index is 1500. The van der Waals surface area contributed by atoms with E-state index in [0.717, 1.165) is 13.8 Å². The van der Waals surface area contributed by atoms with E-state index in [0.29, 0.717) is 0 Å². The molecule has 0 fully saturated rings. The first-order chi connectivity index (χ1) is 17.8. The van der Waals surface area contributed by atoms with E-state index < -0.39 is 43.7 Å². The number of amides is 4. The Morgan fingerprint density at radius 1 is 0.579 bits per heavy atom. The van der Waals surface area contributed by atoms with Gasteiger partial charge in [0.15, 0.2) is 0 Å². The quantitative estimate of drug-likeness (QED) is 0.314. The number of rotatable bonds is 8. The number of sulfonamides is 2. The minimum absolute atomic E-state index is 0.107. The van der Waals surface area contributed by atoms with Crippen molar-refractivity contribution in [3.63, 3.8) is 0 Å². The van der Waals surface area contributed by atoms with Crippen LogP contribution in [0.15, 0.2) is 76.5 Å². The Labute approximate surface area is 217 Å². The van der Waals surface area contributed by atoms with Crippen molar-refractivity contribution in [1.29, 1.82) is 0 Å². The number of carbonyl (C=O) groups is 4. The van der Waals surface area contributed by atoms with E-state index in [9.17, 15) is 36.0 Å². The lowest BCUT2D eigenvalue weighted by atomic mass is 10.2. The topological polar surface area (TPSA) is 198 Å². The average Bonchev–Trinajstić information content (AvgIpc) is 2.83. The Kier molecular flexibility index (Phi) is 8.23. The normalized spacial score (nSPS) is 11.2. The van der Waals surface area contributed by atoms with Crippen LogP contribution in [-0.2, 0) is 29.6 Å². The van der Waals surface area contributed by atoms with Gasteiger partial charge in [0.25, 0.3) is 31.9 Å². The molecule has 0 atom stereocenters. The summed E-state index contributed by atoms with van der Waals surface area (Å²) in [7, 11) is -8.06. The van der Waals surface area contributed by atoms with Crippen LogP contribution in [0.1, 0.15) is 34.8 Å². The van der Waals surface area contributed by atoms with Gasteiger partial charge in [0.1, 0.15) is 11.4 Å². The zero-order valence-corrected chi connectivity index (χ0v) is 21.5. The molecule has 1 heterocycles. The third-order valence-corrected chi connectivity index (χ3v) is 7.51. The summed E-state index contributed by atoms with van der Waals surface area (Å²) in [6.45, 7) is 2.12. The van der Waals surface area contributed by atoms with Gasteiger partial charge in [0.05, 0.1) is 9.79 Å². The molecule has 0 saturated carbocycles. The van der Waals surface area contributed by atoms with Crippen LogP contribution in [0.25, 0.3) is 0 Å². The van der Waals surface area contributed by atoms with Gasteiger partial charge in [-0.15, -0.1) is 0 Å². The van der Waals surface area contributed by atoms with Gasteiger partial charge in [-0.1, -0.05) is 6.07 Å². The van der Waals surface area contributed by atoms with E-state index >= 15 is 0 Å². The maximum absolute atomic E-state index is 12.6. The van der Waals surface area contributed by atoms with Gasteiger partial charge in [0.2, 0.25) is 11.8 Å². The molecule has 2 aromatic carbocycles. The molecule has 0 unspecified atom stereocenters. The lowest BCUT2D eigenvalue weighted by Gasteiger charge is -2.09. The third-order valence-electron chi connectivity index (χ3n) is 4.62. The molecule has 198 valence electrons. The Balaban J connectivity index is 1.68. The van der Waals surface area contributed by atoms with Crippen molar-refractivity contribution in [2.45, 2.75) is 23.6 Å². The number of hydrogen-bond acceptors (Lipinski definition) is 9. The predicted octanol–water partition coefficient (Wildman–Crippen LogP) is 1.24. The highest BCUT2D eigenvalue weighted by molar-refractivity contribution is 7.90. The molecular formula is C23H21N5O8S2. The van der Waals surface area contributed by atoms with Gasteiger partial charge < -0.3 is 10.6 Å². The summed E-state index contributed by atoms with van der Waals surface area (Å²) in [6, 6.07) is 14.2. The number of anilines is 2. The molecule has 0 aliphatic rings. The number of carbonyl (C=O) groups excluding carboxylic acids is 4. The van der Waals surface area contributed by atoms with Gasteiger partial charge in [-0.05, 0) is 60.7 Å². The molecule has 4 amide bonds. The van der Waals surface area contributed by atoms with Gasteiger partial charge in [-0.2, -0.15) is 0 Å². The SMILES string of the molecule is CC(=O)NS(=O)(=O)c1ccc(NC(=O)c2cccc(C(=O)Nc3ccc(S(=O)(=O)NC(C)=O)cc3)n2)cc1. The van der Waals surface area contributed by atoms with Gasteiger partial charge >= 0.3 is 0 Å². The molecule has 0 aliphatic carbocycles. The molecule has 1 aromatic heterocycles. The van der Waals surface area contributed by atoms with Crippen molar-refractivity contribution in [3.8, 4) is 0 Å². The Morgan fingerprint density at radius 2 is 0.921 bits per heavy atom. The lowest BCUT2D eigenvalue weighted by Crippen LogP contribution is -2.28. The minimum Gasteiger partial charge on any atom is -0.321 e. The van der Waals surface area contributed by atoms with Gasteiger partial charge in [-0.3, -0.25) is 19.2 Å². The predicted molar refractivity (Wildman–Crippen MR) is 135 cm³/mol. The molecule has 38 heavy (non-hydrogen) atoms. The summed E-state index contributed by atoms with van der Waals surface area (Å²) in [5.74, 6) is -2.84. The first-order valence-electron chi connectivity index (χ1n) is 10.6. The molecule has 15 heteroatoms. The number of benzene rings is 2. The summed E-state index contributed by atoms with van der Waals surface area (Å²) >= 11 is 0. The molecule has 13 nitrogen and oxygen atoms in total. The van der Waals surface area contributed by atoms with Crippen LogP contribution in [0, 0.1) is 0 Å². The van der Waals surface area contributed by atoms with Crippen molar-refractivity contribution in [1.82, 2.24) is 14.4 Å². The van der Waals surface area contributed by atoms with Crippen molar-refractivity contribution in [2.75, 3.05) is 10.6 Å². The standard InChI is InChI=1S/C23H21N5O8S2/c1-14(29)27-37(33,34)18-10-6-16(7-11-18)24-22(31)20-4-3-5-21(26-20)23(32)25-17-8-12-19(13-9-17)38(35,36)28-15(2)30/h3-13H,1-2H3,(H,24,31)(H,25,32)(H,27,29)(H,28,30). The largest absolute Gasteiger partial charge is 0.321 e. The zero-order valence-electron chi connectivity index (χ0n) is 19.9. The number of nitrogens with one attached hydrogen (secondary N) is 4. The van der Waals surface area contributed by atoms with Gasteiger partial charge in [-0.25, -0.2) is 31.3 Å². The van der Waals surface area contributed by atoms with Crippen molar-refractivity contribution in [2.24, 2.45) is 0 Å². The molecule has 0 aliphatic heterocycles. The molecular weight excluding hydrogens is 538 g/mol. The molecule has 0 radical (unpaired) electrons. The van der Waals surface area contributed by atoms with E-state index in [4.69, 9.17) is 0 Å². The number of hydrogen-bond donors (Lipinski definition) is 4. The third kappa shape index (κ3) is 7.21. The fraction of sp³-hybridized carbons (Fsp3) is 0.0870. The molecule has 3 rings (SSSR count). The van der Waals surface area contributed by atoms with Crippen molar-refractivity contribution >= 4 is 55.1 Å². The van der Waals surface area contributed by atoms with E-state index in [1.54, 1.807) is 0 Å². The highest BCUT2D eigenvalue weighted by Crippen LogP contribution is 2.17. The molecule has 3 aromatic rings. The first-order valence-corrected chi connectivity index (χ1v) is 13.6. The first kappa shape index (κ1) is 27.9. The van der Waals surface area contributed by atoms with E-state index in [2.05, 4.69) is 15.6 Å². The highest BCUT2D eigenvalue weighted by Gasteiger charge is 2.18. The second-order valence-electron chi connectivity index (χ2n) is 7.69.